The summed E-state index contributed by atoms with van der Waals surface area (Å²) in [5.74, 6) is 0.412. The van der Waals surface area contributed by atoms with Crippen molar-refractivity contribution in [3.05, 3.63) is 39.4 Å². The molecule has 0 aliphatic heterocycles. The second-order valence-corrected chi connectivity index (χ2v) is 6.32. The summed E-state index contributed by atoms with van der Waals surface area (Å²) in [6, 6.07) is 6.20. The van der Waals surface area contributed by atoms with E-state index in [2.05, 4.69) is 26.1 Å². The fraction of sp³-hybridized carbons (Fsp3) is 0.0769. The molecule has 0 amide bonds. The number of nitrogen functional groups attached to an aromatic ring is 1. The predicted molar refractivity (Wildman–Crippen MR) is 79.9 cm³/mol. The van der Waals surface area contributed by atoms with Crippen molar-refractivity contribution in [3.8, 4) is 22.8 Å². The van der Waals surface area contributed by atoms with Gasteiger partial charge in [0.2, 0.25) is 5.82 Å². The van der Waals surface area contributed by atoms with Gasteiger partial charge in [0.15, 0.2) is 0 Å². The van der Waals surface area contributed by atoms with E-state index < -0.39 is 0 Å². The van der Waals surface area contributed by atoms with E-state index in [9.17, 15) is 4.39 Å². The van der Waals surface area contributed by atoms with Crippen molar-refractivity contribution < 1.29 is 8.91 Å². The molecule has 0 spiro atoms. The highest BCUT2D eigenvalue weighted by Crippen LogP contribution is 2.34. The molecule has 1 aromatic carbocycles. The van der Waals surface area contributed by atoms with Crippen LogP contribution in [0, 0.1) is 12.7 Å². The van der Waals surface area contributed by atoms with Crippen molar-refractivity contribution in [3.63, 3.8) is 0 Å². The summed E-state index contributed by atoms with van der Waals surface area (Å²) < 4.78 is 18.9. The van der Waals surface area contributed by atoms with Crippen LogP contribution in [0.5, 0.6) is 0 Å². The van der Waals surface area contributed by atoms with Crippen molar-refractivity contribution in [2.24, 2.45) is 0 Å². The fourth-order valence-corrected chi connectivity index (χ4v) is 3.12. The lowest BCUT2D eigenvalue weighted by atomic mass is 10.2. The smallest absolute Gasteiger partial charge is 0.261 e. The van der Waals surface area contributed by atoms with E-state index in [0.717, 1.165) is 10.4 Å². The maximum Gasteiger partial charge on any atom is 0.261 e. The summed E-state index contributed by atoms with van der Waals surface area (Å²) in [4.78, 5) is 5.38. The Morgan fingerprint density at radius 1 is 1.30 bits per heavy atom. The molecule has 0 unspecified atom stereocenters. The van der Waals surface area contributed by atoms with E-state index in [1.54, 1.807) is 6.07 Å². The number of hydrogen-bond donors (Lipinski definition) is 1. The van der Waals surface area contributed by atoms with Gasteiger partial charge in [0.1, 0.15) is 5.82 Å². The van der Waals surface area contributed by atoms with Gasteiger partial charge in [-0.05, 0) is 47.1 Å². The maximum absolute atomic E-state index is 13.1. The van der Waals surface area contributed by atoms with Crippen LogP contribution >= 0.6 is 27.3 Å². The Hall–Kier alpha value is -1.73. The molecule has 0 bridgehead atoms. The molecule has 7 heteroatoms. The van der Waals surface area contributed by atoms with Crippen molar-refractivity contribution in [1.82, 2.24) is 10.1 Å². The highest BCUT2D eigenvalue weighted by Gasteiger charge is 2.16. The first-order valence-corrected chi connectivity index (χ1v) is 7.31. The zero-order chi connectivity index (χ0) is 14.3. The average molecular weight is 354 g/mol. The Morgan fingerprint density at radius 3 is 2.75 bits per heavy atom. The van der Waals surface area contributed by atoms with Crippen LogP contribution in [0.4, 0.5) is 9.39 Å². The second-order valence-electron chi connectivity index (χ2n) is 4.18. The topological polar surface area (TPSA) is 64.9 Å². The number of halogens is 2. The Bertz CT molecular complexity index is 784. The number of nitrogens with zero attached hydrogens (tertiary/aromatic N) is 2. The first-order valence-electron chi connectivity index (χ1n) is 5.70. The van der Waals surface area contributed by atoms with Crippen molar-refractivity contribution in [1.29, 1.82) is 0 Å². The number of aryl methyl sites for hydroxylation is 1. The van der Waals surface area contributed by atoms with E-state index in [1.165, 1.54) is 23.5 Å². The monoisotopic (exact) mass is 353 g/mol. The van der Waals surface area contributed by atoms with Gasteiger partial charge in [0.05, 0.1) is 10.6 Å². The lowest BCUT2D eigenvalue weighted by Gasteiger charge is -1.98. The molecule has 3 rings (SSSR count). The standard InChI is InChI=1S/C13H9BrFN3OS/c1-6-4-9(11(16)20-6)13-17-12(18-19-13)8-3-2-7(15)5-10(8)14/h2-5H,16H2,1H3. The zero-order valence-electron chi connectivity index (χ0n) is 10.4. The van der Waals surface area contributed by atoms with Gasteiger partial charge in [-0.1, -0.05) is 5.16 Å². The van der Waals surface area contributed by atoms with Crippen LogP contribution in [0.2, 0.25) is 0 Å². The Morgan fingerprint density at radius 2 is 2.10 bits per heavy atom. The Balaban J connectivity index is 2.04. The van der Waals surface area contributed by atoms with Crippen LogP contribution in [-0.2, 0) is 0 Å². The summed E-state index contributed by atoms with van der Waals surface area (Å²) in [5, 5.41) is 4.55. The van der Waals surface area contributed by atoms with Gasteiger partial charge < -0.3 is 10.3 Å². The Kier molecular flexibility index (Phi) is 3.31. The van der Waals surface area contributed by atoms with E-state index in [0.29, 0.717) is 26.8 Å². The highest BCUT2D eigenvalue weighted by molar-refractivity contribution is 9.10. The lowest BCUT2D eigenvalue weighted by molar-refractivity contribution is 0.432. The number of nitrogens with two attached hydrogens (primary N) is 1. The first kappa shape index (κ1) is 13.3. The van der Waals surface area contributed by atoms with Crippen molar-refractivity contribution in [2.45, 2.75) is 6.92 Å². The average Bonchev–Trinajstić information content (AvgIpc) is 2.96. The van der Waals surface area contributed by atoms with Crippen LogP contribution in [0.15, 0.2) is 33.3 Å². The zero-order valence-corrected chi connectivity index (χ0v) is 12.8. The van der Waals surface area contributed by atoms with Gasteiger partial charge in [0, 0.05) is 14.9 Å². The van der Waals surface area contributed by atoms with Crippen LogP contribution in [0.25, 0.3) is 22.8 Å². The summed E-state index contributed by atoms with van der Waals surface area (Å²) >= 11 is 4.75. The number of thiophene rings is 1. The van der Waals surface area contributed by atoms with Gasteiger partial charge in [-0.2, -0.15) is 4.98 Å². The van der Waals surface area contributed by atoms with Gasteiger partial charge in [0.25, 0.3) is 5.89 Å². The Labute approximate surface area is 126 Å². The van der Waals surface area contributed by atoms with Crippen LogP contribution in [0.1, 0.15) is 4.88 Å². The second kappa shape index (κ2) is 4.99. The fourth-order valence-electron chi connectivity index (χ4n) is 1.81. The summed E-state index contributed by atoms with van der Waals surface area (Å²) in [7, 11) is 0. The van der Waals surface area contributed by atoms with Gasteiger partial charge in [-0.25, -0.2) is 4.39 Å². The SMILES string of the molecule is Cc1cc(-c2nc(-c3ccc(F)cc3Br)no2)c(N)s1. The third-order valence-electron chi connectivity index (χ3n) is 2.71. The molecule has 2 heterocycles. The number of aromatic nitrogens is 2. The van der Waals surface area contributed by atoms with E-state index >= 15 is 0 Å². The minimum atomic E-state index is -0.331. The molecule has 0 radical (unpaired) electrons. The maximum atomic E-state index is 13.1. The number of anilines is 1. The van der Waals surface area contributed by atoms with Crippen molar-refractivity contribution in [2.75, 3.05) is 5.73 Å². The molecule has 2 N–H and O–H groups in total. The third-order valence-corrected chi connectivity index (χ3v) is 4.25. The molecule has 3 aromatic rings. The number of hydrogen-bond acceptors (Lipinski definition) is 5. The molecule has 0 saturated carbocycles. The van der Waals surface area contributed by atoms with Crippen molar-refractivity contribution >= 4 is 32.3 Å². The normalized spacial score (nSPS) is 10.9. The summed E-state index contributed by atoms with van der Waals surface area (Å²) in [6.45, 7) is 1.96. The van der Waals surface area contributed by atoms with Gasteiger partial charge in [-0.15, -0.1) is 11.3 Å². The van der Waals surface area contributed by atoms with Gasteiger partial charge >= 0.3 is 0 Å². The molecule has 20 heavy (non-hydrogen) atoms. The highest BCUT2D eigenvalue weighted by atomic mass is 79.9. The summed E-state index contributed by atoms with van der Waals surface area (Å²) in [6.07, 6.45) is 0. The van der Waals surface area contributed by atoms with E-state index in [4.69, 9.17) is 10.3 Å². The molecular weight excluding hydrogens is 345 g/mol. The largest absolute Gasteiger partial charge is 0.390 e. The summed E-state index contributed by atoms with van der Waals surface area (Å²) in [5.41, 5.74) is 7.29. The minimum absolute atomic E-state index is 0.331. The van der Waals surface area contributed by atoms with Crippen LogP contribution < -0.4 is 5.73 Å². The molecular formula is C13H9BrFN3OS. The molecule has 0 fully saturated rings. The molecule has 2 aromatic heterocycles. The van der Waals surface area contributed by atoms with E-state index in [-0.39, 0.29) is 5.82 Å². The molecule has 0 saturated heterocycles. The molecule has 0 aliphatic carbocycles. The predicted octanol–water partition coefficient (Wildman–Crippen LogP) is 4.26. The minimum Gasteiger partial charge on any atom is -0.390 e. The van der Waals surface area contributed by atoms with Crippen LogP contribution in [-0.4, -0.2) is 10.1 Å². The number of benzene rings is 1. The van der Waals surface area contributed by atoms with E-state index in [1.807, 2.05) is 13.0 Å². The molecule has 102 valence electrons. The van der Waals surface area contributed by atoms with Crippen LogP contribution in [0.3, 0.4) is 0 Å². The first-order chi connectivity index (χ1) is 9.54. The molecule has 0 aliphatic rings. The number of rotatable bonds is 2. The lowest BCUT2D eigenvalue weighted by Crippen LogP contribution is -1.85. The quantitative estimate of drug-likeness (QED) is 0.747. The molecule has 4 nitrogen and oxygen atoms in total. The third kappa shape index (κ3) is 2.34. The van der Waals surface area contributed by atoms with Gasteiger partial charge in [-0.3, -0.25) is 0 Å². The molecule has 0 atom stereocenters.